The Labute approximate surface area is 173 Å². The first-order valence-corrected chi connectivity index (χ1v) is 10.3. The van der Waals surface area contributed by atoms with E-state index in [-0.39, 0.29) is 5.91 Å². The second-order valence-electron chi connectivity index (χ2n) is 6.74. The van der Waals surface area contributed by atoms with Crippen LogP contribution >= 0.6 is 11.3 Å². The first-order chi connectivity index (χ1) is 14.2. The van der Waals surface area contributed by atoms with Gasteiger partial charge in [-0.15, -0.1) is 0 Å². The summed E-state index contributed by atoms with van der Waals surface area (Å²) < 4.78 is 11.8. The average molecular weight is 407 g/mol. The van der Waals surface area contributed by atoms with Crippen LogP contribution in [0.2, 0.25) is 0 Å². The second kappa shape index (κ2) is 8.49. The van der Waals surface area contributed by atoms with Gasteiger partial charge in [0.2, 0.25) is 5.91 Å². The summed E-state index contributed by atoms with van der Waals surface area (Å²) in [4.78, 5) is 19.6. The van der Waals surface area contributed by atoms with Crippen LogP contribution < -0.4 is 9.64 Å². The summed E-state index contributed by atoms with van der Waals surface area (Å²) in [5.74, 6) is 1.47. The number of hydrogen-bond acceptors (Lipinski definition) is 5. The van der Waals surface area contributed by atoms with E-state index in [4.69, 9.17) is 9.15 Å². The molecule has 0 saturated heterocycles. The fraction of sp³-hybridized carbons (Fsp3) is 0.217. The summed E-state index contributed by atoms with van der Waals surface area (Å²) in [6.07, 6.45) is 2.91. The molecule has 0 bridgehead atoms. The Hall–Kier alpha value is -3.12. The lowest BCUT2D eigenvalue weighted by atomic mass is 10.1. The molecule has 2 heterocycles. The maximum Gasteiger partial charge on any atom is 0.233 e. The van der Waals surface area contributed by atoms with Gasteiger partial charge in [-0.2, -0.15) is 0 Å². The van der Waals surface area contributed by atoms with Crippen molar-refractivity contribution in [2.75, 3.05) is 12.0 Å². The Kier molecular flexibility index (Phi) is 5.62. The molecule has 4 rings (SSSR count). The van der Waals surface area contributed by atoms with Crippen LogP contribution in [-0.4, -0.2) is 18.0 Å². The number of anilines is 1. The maximum atomic E-state index is 13.2. The highest BCUT2D eigenvalue weighted by molar-refractivity contribution is 7.22. The van der Waals surface area contributed by atoms with Crippen LogP contribution in [0.3, 0.4) is 0 Å². The lowest BCUT2D eigenvalue weighted by Gasteiger charge is -2.19. The Balaban J connectivity index is 1.64. The maximum absolute atomic E-state index is 13.2. The van der Waals surface area contributed by atoms with Crippen LogP contribution in [-0.2, 0) is 24.2 Å². The molecule has 1 amide bonds. The van der Waals surface area contributed by atoms with Crippen molar-refractivity contribution in [3.05, 3.63) is 77.7 Å². The van der Waals surface area contributed by atoms with E-state index in [1.54, 1.807) is 18.3 Å². The molecule has 0 N–H and O–H groups in total. The largest absolute Gasteiger partial charge is 0.497 e. The summed E-state index contributed by atoms with van der Waals surface area (Å²) in [6, 6.07) is 17.6. The summed E-state index contributed by atoms with van der Waals surface area (Å²) in [5, 5.41) is 0.653. The number of aryl methyl sites for hydroxylation is 1. The Bertz CT molecular complexity index is 1100. The molecule has 4 aromatic rings. The van der Waals surface area contributed by atoms with Gasteiger partial charge >= 0.3 is 0 Å². The second-order valence-corrected chi connectivity index (χ2v) is 7.75. The molecule has 2 aromatic carbocycles. The Morgan fingerprint density at radius 3 is 2.62 bits per heavy atom. The number of carbonyl (C=O) groups is 1. The number of nitrogens with zero attached hydrogens (tertiary/aromatic N) is 2. The van der Waals surface area contributed by atoms with E-state index in [9.17, 15) is 4.79 Å². The molecular weight excluding hydrogens is 384 g/mol. The summed E-state index contributed by atoms with van der Waals surface area (Å²) in [7, 11) is 1.64. The van der Waals surface area contributed by atoms with Gasteiger partial charge in [-0.3, -0.25) is 9.69 Å². The standard InChI is InChI=1S/C23H22N2O3S/c1-3-16-6-8-17(9-7-16)13-22(26)25(15-19-5-4-12-28-19)23-24-20-11-10-18(27-2)14-21(20)29-23/h4-12,14H,3,13,15H2,1-2H3. The number of fused-ring (bicyclic) bond motifs is 1. The van der Waals surface area contributed by atoms with E-state index < -0.39 is 0 Å². The van der Waals surface area contributed by atoms with Gasteiger partial charge in [0.05, 0.1) is 36.6 Å². The number of amides is 1. The molecule has 29 heavy (non-hydrogen) atoms. The normalized spacial score (nSPS) is 11.0. The molecule has 0 saturated carbocycles. The Morgan fingerprint density at radius 1 is 1.14 bits per heavy atom. The number of ether oxygens (including phenoxy) is 1. The van der Waals surface area contributed by atoms with Crippen molar-refractivity contribution in [1.82, 2.24) is 4.98 Å². The van der Waals surface area contributed by atoms with Crippen LogP contribution in [0.25, 0.3) is 10.2 Å². The fourth-order valence-electron chi connectivity index (χ4n) is 3.12. The number of carbonyl (C=O) groups excluding carboxylic acids is 1. The first-order valence-electron chi connectivity index (χ1n) is 9.51. The van der Waals surface area contributed by atoms with Crippen LogP contribution in [0.1, 0.15) is 23.8 Å². The summed E-state index contributed by atoms with van der Waals surface area (Å²) in [5.41, 5.74) is 3.09. The molecule has 0 aliphatic heterocycles. The third-order valence-corrected chi connectivity index (χ3v) is 5.84. The summed E-state index contributed by atoms with van der Waals surface area (Å²) in [6.45, 7) is 2.46. The molecule has 0 unspecified atom stereocenters. The van der Waals surface area contributed by atoms with Crippen molar-refractivity contribution in [1.29, 1.82) is 0 Å². The van der Waals surface area contributed by atoms with E-state index in [2.05, 4.69) is 24.0 Å². The molecule has 2 aromatic heterocycles. The average Bonchev–Trinajstić information content (AvgIpc) is 3.41. The molecule has 0 atom stereocenters. The van der Waals surface area contributed by atoms with Gasteiger partial charge in [-0.25, -0.2) is 4.98 Å². The minimum Gasteiger partial charge on any atom is -0.497 e. The monoisotopic (exact) mass is 406 g/mol. The zero-order valence-corrected chi connectivity index (χ0v) is 17.2. The fourth-order valence-corrected chi connectivity index (χ4v) is 4.13. The molecule has 6 heteroatoms. The van der Waals surface area contributed by atoms with Crippen LogP contribution in [0.5, 0.6) is 5.75 Å². The van der Waals surface area contributed by atoms with Gasteiger partial charge in [-0.05, 0) is 47.9 Å². The van der Waals surface area contributed by atoms with Crippen molar-refractivity contribution >= 4 is 32.6 Å². The molecule has 0 aliphatic carbocycles. The third kappa shape index (κ3) is 4.32. The van der Waals surface area contributed by atoms with E-state index in [1.165, 1.54) is 16.9 Å². The lowest BCUT2D eigenvalue weighted by molar-refractivity contribution is -0.118. The SMILES string of the molecule is CCc1ccc(CC(=O)N(Cc2ccco2)c2nc3ccc(OC)cc3s2)cc1. The smallest absolute Gasteiger partial charge is 0.233 e. The van der Waals surface area contributed by atoms with E-state index in [0.29, 0.717) is 18.1 Å². The minimum atomic E-state index is -0.0170. The van der Waals surface area contributed by atoms with Gasteiger partial charge < -0.3 is 9.15 Å². The highest BCUT2D eigenvalue weighted by atomic mass is 32.1. The number of thiazole rings is 1. The van der Waals surface area contributed by atoms with Crippen LogP contribution in [0.4, 0.5) is 5.13 Å². The Morgan fingerprint density at radius 2 is 1.93 bits per heavy atom. The van der Waals surface area contributed by atoms with Gasteiger partial charge in [0.25, 0.3) is 0 Å². The quantitative estimate of drug-likeness (QED) is 0.421. The predicted octanol–water partition coefficient (Wildman–Crippen LogP) is 5.24. The number of furan rings is 1. The van der Waals surface area contributed by atoms with E-state index in [1.807, 2.05) is 42.5 Å². The third-order valence-electron chi connectivity index (χ3n) is 4.80. The van der Waals surface area contributed by atoms with E-state index >= 15 is 0 Å². The van der Waals surface area contributed by atoms with Gasteiger partial charge in [0, 0.05) is 0 Å². The molecule has 148 valence electrons. The number of benzene rings is 2. The summed E-state index contributed by atoms with van der Waals surface area (Å²) >= 11 is 1.47. The van der Waals surface area contributed by atoms with Crippen LogP contribution in [0.15, 0.2) is 65.3 Å². The molecule has 0 fully saturated rings. The van der Waals surface area contributed by atoms with Gasteiger partial charge in [0.1, 0.15) is 11.5 Å². The van der Waals surface area contributed by atoms with Crippen molar-refractivity contribution in [3.63, 3.8) is 0 Å². The lowest BCUT2D eigenvalue weighted by Crippen LogP contribution is -2.31. The zero-order chi connectivity index (χ0) is 20.2. The number of rotatable bonds is 7. The first kappa shape index (κ1) is 19.2. The number of methoxy groups -OCH3 is 1. The molecular formula is C23H22N2O3S. The van der Waals surface area contributed by atoms with Crippen molar-refractivity contribution in [3.8, 4) is 5.75 Å². The predicted molar refractivity (Wildman–Crippen MR) is 116 cm³/mol. The highest BCUT2D eigenvalue weighted by Crippen LogP contribution is 2.32. The van der Waals surface area contributed by atoms with Gasteiger partial charge in [-0.1, -0.05) is 42.5 Å². The molecule has 5 nitrogen and oxygen atoms in total. The topological polar surface area (TPSA) is 55.6 Å². The minimum absolute atomic E-state index is 0.0170. The van der Waals surface area contributed by atoms with Crippen molar-refractivity contribution < 1.29 is 13.9 Å². The zero-order valence-electron chi connectivity index (χ0n) is 16.4. The van der Waals surface area contributed by atoms with Crippen molar-refractivity contribution in [2.24, 2.45) is 0 Å². The highest BCUT2D eigenvalue weighted by Gasteiger charge is 2.21. The molecule has 0 aliphatic rings. The van der Waals surface area contributed by atoms with Crippen molar-refractivity contribution in [2.45, 2.75) is 26.3 Å². The number of aromatic nitrogens is 1. The van der Waals surface area contributed by atoms with E-state index in [0.717, 1.165) is 33.7 Å². The number of hydrogen-bond donors (Lipinski definition) is 0. The van der Waals surface area contributed by atoms with Crippen LogP contribution in [0, 0.1) is 0 Å². The molecule has 0 spiro atoms. The van der Waals surface area contributed by atoms with Gasteiger partial charge in [0.15, 0.2) is 5.13 Å². The molecule has 0 radical (unpaired) electrons.